The van der Waals surface area contributed by atoms with E-state index < -0.39 is 0 Å². The van der Waals surface area contributed by atoms with E-state index in [4.69, 9.17) is 0 Å². The molecular formula is C15H16N2. The van der Waals surface area contributed by atoms with Gasteiger partial charge in [-0.15, -0.1) is 0 Å². The van der Waals surface area contributed by atoms with Crippen LogP contribution in [-0.4, -0.2) is 6.54 Å². The van der Waals surface area contributed by atoms with E-state index in [0.29, 0.717) is 6.04 Å². The van der Waals surface area contributed by atoms with Crippen molar-refractivity contribution in [3.05, 3.63) is 71.8 Å². The molecule has 0 unspecified atom stereocenters. The molecule has 0 bridgehead atoms. The standard InChI is InChI=1S/C15H16N2/c1-3-7-12(8-4-1)14-11-16-15(17-14)13-9-5-2-6-10-13/h1-10,14-17H,11H2/t14-,15+/m1/s1. The highest BCUT2D eigenvalue weighted by atomic mass is 15.2. The largest absolute Gasteiger partial charge is 0.296 e. The Labute approximate surface area is 102 Å². The van der Waals surface area contributed by atoms with Gasteiger partial charge >= 0.3 is 0 Å². The Kier molecular flexibility index (Phi) is 2.90. The number of hydrogen-bond donors (Lipinski definition) is 2. The zero-order chi connectivity index (χ0) is 11.5. The summed E-state index contributed by atoms with van der Waals surface area (Å²) in [7, 11) is 0. The van der Waals surface area contributed by atoms with E-state index in [9.17, 15) is 0 Å². The molecule has 0 spiro atoms. The van der Waals surface area contributed by atoms with Gasteiger partial charge in [0.1, 0.15) is 0 Å². The van der Waals surface area contributed by atoms with E-state index in [1.807, 2.05) is 6.07 Å². The van der Waals surface area contributed by atoms with Crippen molar-refractivity contribution in [2.45, 2.75) is 12.2 Å². The molecule has 2 aromatic carbocycles. The van der Waals surface area contributed by atoms with Crippen LogP contribution in [0.1, 0.15) is 23.3 Å². The fourth-order valence-electron chi connectivity index (χ4n) is 2.31. The smallest absolute Gasteiger partial charge is 0.0841 e. The van der Waals surface area contributed by atoms with Crippen molar-refractivity contribution in [2.24, 2.45) is 0 Å². The van der Waals surface area contributed by atoms with Crippen molar-refractivity contribution in [1.82, 2.24) is 10.6 Å². The molecule has 2 nitrogen and oxygen atoms in total. The van der Waals surface area contributed by atoms with Gasteiger partial charge in [-0.25, -0.2) is 0 Å². The minimum absolute atomic E-state index is 0.265. The highest BCUT2D eigenvalue weighted by Gasteiger charge is 2.24. The second-order valence-corrected chi connectivity index (χ2v) is 4.38. The lowest BCUT2D eigenvalue weighted by atomic mass is 10.1. The lowest BCUT2D eigenvalue weighted by Gasteiger charge is -2.13. The lowest BCUT2D eigenvalue weighted by molar-refractivity contribution is 0.554. The molecule has 2 aromatic rings. The van der Waals surface area contributed by atoms with Gasteiger partial charge in [0.05, 0.1) is 6.17 Å². The Morgan fingerprint density at radius 1 is 0.765 bits per heavy atom. The summed E-state index contributed by atoms with van der Waals surface area (Å²) in [6, 6.07) is 21.5. The van der Waals surface area contributed by atoms with Crippen LogP contribution in [-0.2, 0) is 0 Å². The highest BCUT2D eigenvalue weighted by molar-refractivity contribution is 5.24. The molecule has 86 valence electrons. The predicted octanol–water partition coefficient (Wildman–Crippen LogP) is 2.62. The monoisotopic (exact) mass is 224 g/mol. The van der Waals surface area contributed by atoms with Gasteiger partial charge in [0.15, 0.2) is 0 Å². The fraction of sp³-hybridized carbons (Fsp3) is 0.200. The molecule has 0 aromatic heterocycles. The first-order valence-electron chi connectivity index (χ1n) is 6.03. The van der Waals surface area contributed by atoms with Crippen LogP contribution in [0.25, 0.3) is 0 Å². The summed E-state index contributed by atoms with van der Waals surface area (Å²) in [4.78, 5) is 0. The Balaban J connectivity index is 1.75. The molecule has 0 radical (unpaired) electrons. The number of benzene rings is 2. The van der Waals surface area contributed by atoms with Crippen LogP contribution in [0.15, 0.2) is 60.7 Å². The number of nitrogens with one attached hydrogen (secondary N) is 2. The van der Waals surface area contributed by atoms with Crippen molar-refractivity contribution in [1.29, 1.82) is 0 Å². The van der Waals surface area contributed by atoms with Crippen LogP contribution < -0.4 is 10.6 Å². The zero-order valence-corrected chi connectivity index (χ0v) is 9.64. The van der Waals surface area contributed by atoms with Crippen LogP contribution in [0, 0.1) is 0 Å². The molecule has 0 saturated carbocycles. The SMILES string of the molecule is c1ccc([C@H]2NC[C@H](c3ccccc3)N2)cc1. The van der Waals surface area contributed by atoms with Crippen molar-refractivity contribution >= 4 is 0 Å². The minimum atomic E-state index is 0.265. The average molecular weight is 224 g/mol. The van der Waals surface area contributed by atoms with Gasteiger partial charge in [0.25, 0.3) is 0 Å². The van der Waals surface area contributed by atoms with Gasteiger partial charge in [-0.2, -0.15) is 0 Å². The van der Waals surface area contributed by atoms with Crippen molar-refractivity contribution < 1.29 is 0 Å². The van der Waals surface area contributed by atoms with Crippen LogP contribution in [0.3, 0.4) is 0 Å². The second-order valence-electron chi connectivity index (χ2n) is 4.38. The van der Waals surface area contributed by atoms with Crippen LogP contribution in [0.2, 0.25) is 0 Å². The second kappa shape index (κ2) is 4.70. The lowest BCUT2D eigenvalue weighted by Crippen LogP contribution is -2.21. The number of rotatable bonds is 2. The van der Waals surface area contributed by atoms with Crippen molar-refractivity contribution in [2.75, 3.05) is 6.54 Å². The van der Waals surface area contributed by atoms with E-state index >= 15 is 0 Å². The van der Waals surface area contributed by atoms with Gasteiger partial charge in [0, 0.05) is 12.6 Å². The third kappa shape index (κ3) is 2.23. The summed E-state index contributed by atoms with van der Waals surface area (Å²) in [6.07, 6.45) is 0.265. The van der Waals surface area contributed by atoms with Crippen LogP contribution in [0.5, 0.6) is 0 Å². The summed E-state index contributed by atoms with van der Waals surface area (Å²) < 4.78 is 0. The summed E-state index contributed by atoms with van der Waals surface area (Å²) in [5, 5.41) is 7.12. The molecule has 2 N–H and O–H groups in total. The molecule has 2 heteroatoms. The number of hydrogen-bond acceptors (Lipinski definition) is 2. The Bertz CT molecular complexity index is 421. The van der Waals surface area contributed by atoms with Crippen LogP contribution >= 0.6 is 0 Å². The maximum absolute atomic E-state index is 3.61. The molecule has 0 amide bonds. The first kappa shape index (κ1) is 10.5. The first-order valence-corrected chi connectivity index (χ1v) is 6.03. The minimum Gasteiger partial charge on any atom is -0.296 e. The van der Waals surface area contributed by atoms with Crippen molar-refractivity contribution in [3.63, 3.8) is 0 Å². The Morgan fingerprint density at radius 3 is 2.00 bits per heavy atom. The molecular weight excluding hydrogens is 208 g/mol. The molecule has 3 rings (SSSR count). The van der Waals surface area contributed by atoms with Gasteiger partial charge < -0.3 is 0 Å². The third-order valence-corrected chi connectivity index (χ3v) is 3.23. The summed E-state index contributed by atoms with van der Waals surface area (Å²) in [6.45, 7) is 0.976. The topological polar surface area (TPSA) is 24.1 Å². The van der Waals surface area contributed by atoms with E-state index in [1.54, 1.807) is 0 Å². The summed E-state index contributed by atoms with van der Waals surface area (Å²) in [5.41, 5.74) is 2.64. The molecule has 2 atom stereocenters. The molecule has 1 aliphatic rings. The van der Waals surface area contributed by atoms with Gasteiger partial charge in [-0.05, 0) is 11.1 Å². The van der Waals surface area contributed by atoms with E-state index in [2.05, 4.69) is 65.2 Å². The molecule has 17 heavy (non-hydrogen) atoms. The molecule has 1 aliphatic heterocycles. The fourth-order valence-corrected chi connectivity index (χ4v) is 2.31. The molecule has 1 saturated heterocycles. The normalized spacial score (nSPS) is 23.8. The van der Waals surface area contributed by atoms with E-state index in [1.165, 1.54) is 11.1 Å². The molecule has 0 aliphatic carbocycles. The highest BCUT2D eigenvalue weighted by Crippen LogP contribution is 2.23. The summed E-state index contributed by atoms with van der Waals surface area (Å²) >= 11 is 0. The maximum Gasteiger partial charge on any atom is 0.0841 e. The van der Waals surface area contributed by atoms with Crippen molar-refractivity contribution in [3.8, 4) is 0 Å². The third-order valence-electron chi connectivity index (χ3n) is 3.23. The quantitative estimate of drug-likeness (QED) is 0.819. The zero-order valence-electron chi connectivity index (χ0n) is 9.64. The maximum atomic E-state index is 3.61. The van der Waals surface area contributed by atoms with Gasteiger partial charge in [-0.1, -0.05) is 60.7 Å². The molecule has 1 fully saturated rings. The Hall–Kier alpha value is -1.64. The predicted molar refractivity (Wildman–Crippen MR) is 69.5 cm³/mol. The van der Waals surface area contributed by atoms with E-state index in [0.717, 1.165) is 6.54 Å². The molecule has 1 heterocycles. The summed E-state index contributed by atoms with van der Waals surface area (Å²) in [5.74, 6) is 0. The van der Waals surface area contributed by atoms with Gasteiger partial charge in [0.2, 0.25) is 0 Å². The van der Waals surface area contributed by atoms with Gasteiger partial charge in [-0.3, -0.25) is 10.6 Å². The average Bonchev–Trinajstić information content (AvgIpc) is 2.90. The first-order chi connectivity index (χ1) is 8.43. The van der Waals surface area contributed by atoms with E-state index in [-0.39, 0.29) is 6.17 Å². The Morgan fingerprint density at radius 2 is 1.35 bits per heavy atom. The van der Waals surface area contributed by atoms with Crippen LogP contribution in [0.4, 0.5) is 0 Å².